The second-order valence-corrected chi connectivity index (χ2v) is 9.61. The molecule has 28 heavy (non-hydrogen) atoms. The summed E-state index contributed by atoms with van der Waals surface area (Å²) in [6, 6.07) is 17.6. The van der Waals surface area contributed by atoms with Crippen LogP contribution in [-0.2, 0) is 4.79 Å². The molecule has 1 saturated heterocycles. The van der Waals surface area contributed by atoms with Gasteiger partial charge in [0.15, 0.2) is 0 Å². The standard InChI is InChI=1S/C22H19ClN2OS2/c23-17-7-5-15-6-8-18(24-20(15)14-17)9-10-21(26)25-19-4-1-3-16(13-19)22-27-11-2-12-28-22/h1,3-10,13-14,22H,2,11-12H2,(H,25,26). The number of carbonyl (C=O) groups is 1. The molecule has 0 atom stereocenters. The number of rotatable bonds is 4. The summed E-state index contributed by atoms with van der Waals surface area (Å²) in [5.41, 5.74) is 3.60. The smallest absolute Gasteiger partial charge is 0.248 e. The summed E-state index contributed by atoms with van der Waals surface area (Å²) < 4.78 is 0.453. The molecule has 142 valence electrons. The molecule has 0 radical (unpaired) electrons. The lowest BCUT2D eigenvalue weighted by atomic mass is 10.2. The second-order valence-electron chi connectivity index (χ2n) is 6.45. The molecule has 1 aliphatic heterocycles. The molecule has 0 unspecified atom stereocenters. The molecule has 1 amide bonds. The summed E-state index contributed by atoms with van der Waals surface area (Å²) in [6.07, 6.45) is 4.49. The van der Waals surface area contributed by atoms with Crippen LogP contribution in [0.1, 0.15) is 22.3 Å². The van der Waals surface area contributed by atoms with E-state index in [4.69, 9.17) is 11.6 Å². The minimum atomic E-state index is -0.172. The van der Waals surface area contributed by atoms with Crippen molar-refractivity contribution in [1.82, 2.24) is 4.98 Å². The van der Waals surface area contributed by atoms with Crippen molar-refractivity contribution < 1.29 is 4.79 Å². The molecule has 0 bridgehead atoms. The maximum atomic E-state index is 12.3. The fraction of sp³-hybridized carbons (Fsp3) is 0.182. The Bertz CT molecular complexity index is 1030. The number of carbonyl (C=O) groups excluding carboxylic acids is 1. The minimum absolute atomic E-state index is 0.172. The van der Waals surface area contributed by atoms with Crippen LogP contribution in [0.15, 0.2) is 60.7 Å². The van der Waals surface area contributed by atoms with Crippen LogP contribution in [0.2, 0.25) is 5.02 Å². The number of hydrogen-bond acceptors (Lipinski definition) is 4. The zero-order valence-electron chi connectivity index (χ0n) is 15.1. The average molecular weight is 427 g/mol. The number of anilines is 1. The third-order valence-corrected chi connectivity index (χ3v) is 7.58. The SMILES string of the molecule is O=C(C=Cc1ccc2ccc(Cl)cc2n1)Nc1cccc(C2SCCCS2)c1. The third-order valence-electron chi connectivity index (χ3n) is 4.33. The van der Waals surface area contributed by atoms with E-state index in [9.17, 15) is 4.79 Å². The van der Waals surface area contributed by atoms with Crippen molar-refractivity contribution in [3.63, 3.8) is 0 Å². The summed E-state index contributed by atoms with van der Waals surface area (Å²) in [4.78, 5) is 16.9. The van der Waals surface area contributed by atoms with Crippen molar-refractivity contribution in [2.45, 2.75) is 11.0 Å². The number of nitrogens with zero attached hydrogens (tertiary/aromatic N) is 1. The van der Waals surface area contributed by atoms with E-state index in [1.165, 1.54) is 29.6 Å². The lowest BCUT2D eigenvalue weighted by Crippen LogP contribution is -2.08. The van der Waals surface area contributed by atoms with Gasteiger partial charge in [-0.05, 0) is 59.9 Å². The second kappa shape index (κ2) is 9.03. The van der Waals surface area contributed by atoms with E-state index in [1.807, 2.05) is 66.0 Å². The first-order chi connectivity index (χ1) is 13.7. The Hall–Kier alpha value is -1.95. The number of thioether (sulfide) groups is 2. The first kappa shape index (κ1) is 19.4. The van der Waals surface area contributed by atoms with Crippen LogP contribution in [0.25, 0.3) is 17.0 Å². The van der Waals surface area contributed by atoms with Crippen molar-refractivity contribution in [3.8, 4) is 0 Å². The van der Waals surface area contributed by atoms with Crippen LogP contribution in [0, 0.1) is 0 Å². The van der Waals surface area contributed by atoms with E-state index in [2.05, 4.69) is 22.4 Å². The van der Waals surface area contributed by atoms with Crippen LogP contribution in [0.4, 0.5) is 5.69 Å². The molecular formula is C22H19ClN2OS2. The van der Waals surface area contributed by atoms with Crippen molar-refractivity contribution in [3.05, 3.63) is 77.0 Å². The number of nitrogens with one attached hydrogen (secondary N) is 1. The molecule has 1 aromatic heterocycles. The van der Waals surface area contributed by atoms with Gasteiger partial charge in [0.25, 0.3) is 0 Å². The number of hydrogen-bond donors (Lipinski definition) is 1. The van der Waals surface area contributed by atoms with E-state index in [0.717, 1.165) is 16.6 Å². The van der Waals surface area contributed by atoms with Gasteiger partial charge in [-0.1, -0.05) is 35.9 Å². The molecule has 6 heteroatoms. The van der Waals surface area contributed by atoms with Gasteiger partial charge in [-0.15, -0.1) is 23.5 Å². The van der Waals surface area contributed by atoms with Crippen molar-refractivity contribution >= 4 is 63.7 Å². The Labute approximate surface area is 178 Å². The molecule has 0 saturated carbocycles. The fourth-order valence-electron chi connectivity index (χ4n) is 2.99. The summed E-state index contributed by atoms with van der Waals surface area (Å²) in [7, 11) is 0. The molecule has 3 nitrogen and oxygen atoms in total. The van der Waals surface area contributed by atoms with Gasteiger partial charge in [0.2, 0.25) is 5.91 Å². The van der Waals surface area contributed by atoms with Crippen molar-refractivity contribution in [2.24, 2.45) is 0 Å². The van der Waals surface area contributed by atoms with Gasteiger partial charge in [-0.25, -0.2) is 4.98 Å². The lowest BCUT2D eigenvalue weighted by molar-refractivity contribution is -0.111. The van der Waals surface area contributed by atoms with E-state index in [-0.39, 0.29) is 5.91 Å². The zero-order valence-corrected chi connectivity index (χ0v) is 17.5. The summed E-state index contributed by atoms with van der Waals surface area (Å²) in [5.74, 6) is 2.22. The maximum Gasteiger partial charge on any atom is 0.248 e. The summed E-state index contributed by atoms with van der Waals surface area (Å²) >= 11 is 9.98. The van der Waals surface area contributed by atoms with Gasteiger partial charge in [0, 0.05) is 22.2 Å². The molecule has 2 heterocycles. The Morgan fingerprint density at radius 1 is 1.11 bits per heavy atom. The van der Waals surface area contributed by atoms with Crippen molar-refractivity contribution in [2.75, 3.05) is 16.8 Å². The molecule has 4 rings (SSSR count). The number of halogens is 1. The van der Waals surface area contributed by atoms with Gasteiger partial charge in [0.05, 0.1) is 15.8 Å². The van der Waals surface area contributed by atoms with Gasteiger partial charge >= 0.3 is 0 Å². The molecule has 0 aliphatic carbocycles. The maximum absolute atomic E-state index is 12.3. The van der Waals surface area contributed by atoms with Crippen LogP contribution in [0.3, 0.4) is 0 Å². The summed E-state index contributed by atoms with van der Waals surface area (Å²) in [6.45, 7) is 0. The fourth-order valence-corrected chi connectivity index (χ4v) is 6.03. The lowest BCUT2D eigenvalue weighted by Gasteiger charge is -2.21. The van der Waals surface area contributed by atoms with E-state index in [1.54, 1.807) is 6.08 Å². The number of amides is 1. The first-order valence-electron chi connectivity index (χ1n) is 9.06. The van der Waals surface area contributed by atoms with E-state index >= 15 is 0 Å². The number of fused-ring (bicyclic) bond motifs is 1. The number of aromatic nitrogens is 1. The highest BCUT2D eigenvalue weighted by Crippen LogP contribution is 2.44. The van der Waals surface area contributed by atoms with E-state index < -0.39 is 0 Å². The predicted octanol–water partition coefficient (Wildman–Crippen LogP) is 6.41. The Kier molecular flexibility index (Phi) is 6.25. The number of benzene rings is 2. The van der Waals surface area contributed by atoms with Crippen LogP contribution >= 0.6 is 35.1 Å². The average Bonchev–Trinajstić information content (AvgIpc) is 2.73. The van der Waals surface area contributed by atoms with Gasteiger partial charge in [-0.2, -0.15) is 0 Å². The third kappa shape index (κ3) is 4.90. The zero-order chi connectivity index (χ0) is 19.3. The van der Waals surface area contributed by atoms with Crippen LogP contribution in [0.5, 0.6) is 0 Å². The Morgan fingerprint density at radius 3 is 2.79 bits per heavy atom. The van der Waals surface area contributed by atoms with Crippen LogP contribution in [-0.4, -0.2) is 22.4 Å². The molecule has 2 aromatic carbocycles. The van der Waals surface area contributed by atoms with Gasteiger partial charge in [0.1, 0.15) is 0 Å². The first-order valence-corrected chi connectivity index (χ1v) is 11.5. The monoisotopic (exact) mass is 426 g/mol. The molecule has 3 aromatic rings. The highest BCUT2D eigenvalue weighted by atomic mass is 35.5. The predicted molar refractivity (Wildman–Crippen MR) is 123 cm³/mol. The van der Waals surface area contributed by atoms with Gasteiger partial charge in [-0.3, -0.25) is 4.79 Å². The molecule has 1 fully saturated rings. The molecule has 1 aliphatic rings. The minimum Gasteiger partial charge on any atom is -0.323 e. The van der Waals surface area contributed by atoms with Crippen molar-refractivity contribution in [1.29, 1.82) is 0 Å². The van der Waals surface area contributed by atoms with Gasteiger partial charge < -0.3 is 5.32 Å². The Morgan fingerprint density at radius 2 is 1.93 bits per heavy atom. The van der Waals surface area contributed by atoms with E-state index in [0.29, 0.717) is 15.3 Å². The quantitative estimate of drug-likeness (QED) is 0.489. The molecule has 0 spiro atoms. The highest BCUT2D eigenvalue weighted by Gasteiger charge is 2.16. The molecule has 1 N–H and O–H groups in total. The topological polar surface area (TPSA) is 42.0 Å². The summed E-state index contributed by atoms with van der Waals surface area (Å²) in [5, 5.41) is 4.61. The highest BCUT2D eigenvalue weighted by molar-refractivity contribution is 8.16. The Balaban J connectivity index is 1.44. The molecular weight excluding hydrogens is 408 g/mol. The number of pyridine rings is 1. The normalized spacial score (nSPS) is 15.2. The van der Waals surface area contributed by atoms with Crippen LogP contribution < -0.4 is 5.32 Å². The largest absolute Gasteiger partial charge is 0.323 e.